The van der Waals surface area contributed by atoms with Gasteiger partial charge in [0.25, 0.3) is 0 Å². The van der Waals surface area contributed by atoms with Crippen molar-refractivity contribution in [1.29, 1.82) is 0 Å². The van der Waals surface area contributed by atoms with E-state index in [2.05, 4.69) is 31.0 Å². The smallest absolute Gasteiger partial charge is 0.407 e. The van der Waals surface area contributed by atoms with Gasteiger partial charge in [0.05, 0.1) is 19.3 Å². The molecule has 2 rings (SSSR count). The van der Waals surface area contributed by atoms with Crippen LogP contribution in [0.1, 0.15) is 11.1 Å². The predicted molar refractivity (Wildman–Crippen MR) is 95.9 cm³/mol. The molecule has 0 aromatic heterocycles. The van der Waals surface area contributed by atoms with E-state index in [0.717, 1.165) is 29.5 Å². The van der Waals surface area contributed by atoms with Gasteiger partial charge in [-0.2, -0.15) is 0 Å². The van der Waals surface area contributed by atoms with E-state index in [0.29, 0.717) is 6.61 Å². The number of hydrogen-bond donors (Lipinski definition) is 2. The first-order valence-corrected chi connectivity index (χ1v) is 12.2. The highest BCUT2D eigenvalue weighted by Gasteiger charge is 2.31. The van der Waals surface area contributed by atoms with Gasteiger partial charge >= 0.3 is 6.09 Å². The number of carbonyl (C=O) groups is 1. The van der Waals surface area contributed by atoms with Crippen LogP contribution in [-0.2, 0) is 17.6 Å². The van der Waals surface area contributed by atoms with Crippen LogP contribution < -0.4 is 5.32 Å². The van der Waals surface area contributed by atoms with E-state index < -0.39 is 14.2 Å². The van der Waals surface area contributed by atoms with Crippen LogP contribution in [0.15, 0.2) is 18.2 Å². The van der Waals surface area contributed by atoms with Crippen molar-refractivity contribution in [2.75, 3.05) is 13.2 Å². The van der Waals surface area contributed by atoms with Gasteiger partial charge in [0.2, 0.25) is 0 Å². The number of alkyl carbamates (subject to hydrolysis) is 1. The van der Waals surface area contributed by atoms with Crippen molar-refractivity contribution in [3.8, 4) is 0 Å². The van der Waals surface area contributed by atoms with Crippen LogP contribution in [0.5, 0.6) is 0 Å². The van der Waals surface area contributed by atoms with Crippen LogP contribution in [0.25, 0.3) is 0 Å². The van der Waals surface area contributed by atoms with Crippen molar-refractivity contribution in [3.63, 3.8) is 0 Å². The minimum atomic E-state index is -1.22. The van der Waals surface area contributed by atoms with E-state index >= 15 is 0 Å². The first kappa shape index (κ1) is 18.3. The van der Waals surface area contributed by atoms with Crippen LogP contribution in [0.4, 0.5) is 4.79 Å². The third-order valence-corrected chi connectivity index (χ3v) is 6.38. The topological polar surface area (TPSA) is 58.6 Å². The maximum Gasteiger partial charge on any atom is 0.407 e. The summed E-state index contributed by atoms with van der Waals surface area (Å²) in [6.45, 7) is 7.06. The molecule has 0 saturated heterocycles. The average Bonchev–Trinajstić information content (AvgIpc) is 2.88. The highest BCUT2D eigenvalue weighted by molar-refractivity contribution is 6.76. The number of rotatable bonds is 6. The van der Waals surface area contributed by atoms with Gasteiger partial charge in [0, 0.05) is 13.1 Å². The van der Waals surface area contributed by atoms with Gasteiger partial charge in [0.15, 0.2) is 0 Å². The first-order chi connectivity index (χ1) is 10.8. The summed E-state index contributed by atoms with van der Waals surface area (Å²) < 4.78 is 5.26. The lowest BCUT2D eigenvalue weighted by Crippen LogP contribution is -2.43. The molecule has 2 atom stereocenters. The molecule has 0 radical (unpaired) electrons. The number of fused-ring (bicyclic) bond motifs is 1. The molecule has 0 fully saturated rings. The van der Waals surface area contributed by atoms with Gasteiger partial charge in [0.1, 0.15) is 0 Å². The number of halogens is 1. The predicted octanol–water partition coefficient (Wildman–Crippen LogP) is 3.48. The molecule has 1 aliphatic rings. The summed E-state index contributed by atoms with van der Waals surface area (Å²) in [6, 6.07) is 6.51. The molecule has 23 heavy (non-hydrogen) atoms. The quantitative estimate of drug-likeness (QED) is 0.768. The number of aliphatic hydroxyl groups is 1. The Balaban J connectivity index is 1.87. The third kappa shape index (κ3) is 5.23. The number of hydrogen-bond acceptors (Lipinski definition) is 3. The normalized spacial score (nSPS) is 18.4. The Labute approximate surface area is 144 Å². The fourth-order valence-corrected chi connectivity index (χ4v) is 3.87. The highest BCUT2D eigenvalue weighted by atomic mass is 35.5. The van der Waals surface area contributed by atoms with E-state index in [1.807, 2.05) is 12.1 Å². The van der Waals surface area contributed by atoms with E-state index in [1.54, 1.807) is 0 Å². The van der Waals surface area contributed by atoms with Crippen molar-refractivity contribution in [1.82, 2.24) is 5.32 Å². The first-order valence-electron chi connectivity index (χ1n) is 8.10. The standard InChI is InChI=1S/C17H26ClNO3Si/c1-23(2,3)8-7-22-17(21)19-16(11-20)13-9-12-5-4-6-15(18)14(12)10-13/h4-6,13,16,20H,7-11H2,1-3H3,(H,19,21). The van der Waals surface area contributed by atoms with Gasteiger partial charge in [-0.1, -0.05) is 43.4 Å². The van der Waals surface area contributed by atoms with Gasteiger partial charge < -0.3 is 15.2 Å². The second kappa shape index (κ2) is 7.68. The lowest BCUT2D eigenvalue weighted by molar-refractivity contribution is 0.131. The lowest BCUT2D eigenvalue weighted by Gasteiger charge is -2.23. The SMILES string of the molecule is C[Si](C)(C)CCOC(=O)NC(CO)C1Cc2cccc(Cl)c2C1. The number of nitrogens with one attached hydrogen (secondary N) is 1. The monoisotopic (exact) mass is 355 g/mol. The molecule has 1 aromatic rings. The molecular formula is C17H26ClNO3Si. The van der Waals surface area contributed by atoms with Gasteiger partial charge in [-0.25, -0.2) is 4.79 Å². The molecule has 1 amide bonds. The van der Waals surface area contributed by atoms with Crippen molar-refractivity contribution < 1.29 is 14.6 Å². The number of benzene rings is 1. The Kier molecular flexibility index (Phi) is 6.11. The van der Waals surface area contributed by atoms with Crippen LogP contribution in [0.2, 0.25) is 30.7 Å². The van der Waals surface area contributed by atoms with Crippen LogP contribution in [0, 0.1) is 5.92 Å². The number of amides is 1. The molecule has 0 spiro atoms. The molecule has 0 saturated carbocycles. The number of aliphatic hydroxyl groups excluding tert-OH is 1. The third-order valence-electron chi connectivity index (χ3n) is 4.32. The fourth-order valence-electron chi connectivity index (χ4n) is 2.88. The van der Waals surface area contributed by atoms with Crippen molar-refractivity contribution in [2.45, 2.75) is 44.6 Å². The Bertz CT molecular complexity index is 559. The molecule has 0 bridgehead atoms. The zero-order chi connectivity index (χ0) is 17.0. The minimum absolute atomic E-state index is 0.0978. The molecule has 6 heteroatoms. The zero-order valence-corrected chi connectivity index (χ0v) is 15.8. The van der Waals surface area contributed by atoms with E-state index in [-0.39, 0.29) is 18.6 Å². The van der Waals surface area contributed by atoms with Gasteiger partial charge in [-0.05, 0) is 42.0 Å². The number of ether oxygens (including phenoxy) is 1. The molecular weight excluding hydrogens is 330 g/mol. The molecule has 1 aromatic carbocycles. The minimum Gasteiger partial charge on any atom is -0.450 e. The van der Waals surface area contributed by atoms with Gasteiger partial charge in [-0.15, -0.1) is 0 Å². The Hall–Kier alpha value is -1.04. The largest absolute Gasteiger partial charge is 0.450 e. The summed E-state index contributed by atoms with van der Waals surface area (Å²) in [7, 11) is -1.22. The van der Waals surface area contributed by atoms with E-state index in [1.165, 1.54) is 5.56 Å². The van der Waals surface area contributed by atoms with Crippen molar-refractivity contribution in [2.24, 2.45) is 5.92 Å². The second-order valence-electron chi connectivity index (χ2n) is 7.43. The fraction of sp³-hybridized carbons (Fsp3) is 0.588. The maximum absolute atomic E-state index is 11.9. The highest BCUT2D eigenvalue weighted by Crippen LogP contribution is 2.33. The summed E-state index contributed by atoms with van der Waals surface area (Å²) in [5.74, 6) is 0.152. The van der Waals surface area contributed by atoms with Crippen molar-refractivity contribution in [3.05, 3.63) is 34.3 Å². The van der Waals surface area contributed by atoms with E-state index in [4.69, 9.17) is 16.3 Å². The number of carbonyl (C=O) groups excluding carboxylic acids is 1. The Morgan fingerprint density at radius 2 is 2.17 bits per heavy atom. The lowest BCUT2D eigenvalue weighted by atomic mass is 9.97. The van der Waals surface area contributed by atoms with Gasteiger partial charge in [-0.3, -0.25) is 0 Å². The summed E-state index contributed by atoms with van der Waals surface area (Å²) >= 11 is 6.23. The zero-order valence-electron chi connectivity index (χ0n) is 14.1. The average molecular weight is 356 g/mol. The molecule has 2 unspecified atom stereocenters. The molecule has 0 aliphatic heterocycles. The maximum atomic E-state index is 11.9. The Morgan fingerprint density at radius 1 is 1.43 bits per heavy atom. The second-order valence-corrected chi connectivity index (χ2v) is 13.5. The molecule has 2 N–H and O–H groups in total. The molecule has 1 aliphatic carbocycles. The van der Waals surface area contributed by atoms with Crippen LogP contribution in [-0.4, -0.2) is 38.5 Å². The van der Waals surface area contributed by atoms with E-state index in [9.17, 15) is 9.90 Å². The molecule has 0 heterocycles. The summed E-state index contributed by atoms with van der Waals surface area (Å²) in [6.07, 6.45) is 1.15. The summed E-state index contributed by atoms with van der Waals surface area (Å²) in [5.41, 5.74) is 2.33. The van der Waals surface area contributed by atoms with Crippen LogP contribution >= 0.6 is 11.6 Å². The molecule has 4 nitrogen and oxygen atoms in total. The Morgan fingerprint density at radius 3 is 2.78 bits per heavy atom. The van der Waals surface area contributed by atoms with Crippen molar-refractivity contribution >= 4 is 25.8 Å². The summed E-state index contributed by atoms with van der Waals surface area (Å²) in [5, 5.41) is 13.2. The molecule has 128 valence electrons. The summed E-state index contributed by atoms with van der Waals surface area (Å²) in [4.78, 5) is 11.9. The van der Waals surface area contributed by atoms with Crippen LogP contribution in [0.3, 0.4) is 0 Å².